The standard InChI is InChI=1S/C53H37N5/c1-3-10-34(11-4-1)35-18-22-37(23-19-35)45-30-31-46(56-52(55-45)39-12-5-2-6-13-39)38-24-20-36(21-25-38)40-14-9-15-41(32-40)42-26-28-44-43(33-42)27-29-49-50(44)51-53(58-49)57-48-17-8-7-16-47(48)54-51/h1-27,29,31-33,44H,28,30H2,(H,57,58). The van der Waals surface area contributed by atoms with Crippen LogP contribution in [0.4, 0.5) is 0 Å². The van der Waals surface area contributed by atoms with Crippen LogP contribution in [-0.4, -0.2) is 26.5 Å². The number of allylic oxidation sites excluding steroid dienone is 6. The van der Waals surface area contributed by atoms with Crippen molar-refractivity contribution in [3.63, 3.8) is 0 Å². The van der Waals surface area contributed by atoms with Crippen molar-refractivity contribution in [1.82, 2.24) is 15.0 Å². The topological polar surface area (TPSA) is 66.3 Å². The summed E-state index contributed by atoms with van der Waals surface area (Å²) in [4.78, 5) is 23.8. The fourth-order valence-electron chi connectivity index (χ4n) is 8.46. The number of hydrogen-bond acceptors (Lipinski definition) is 4. The molecule has 8 aromatic rings. The highest BCUT2D eigenvalue weighted by molar-refractivity contribution is 6.15. The van der Waals surface area contributed by atoms with Gasteiger partial charge in [0.05, 0.1) is 22.4 Å². The molecule has 274 valence electrons. The van der Waals surface area contributed by atoms with Gasteiger partial charge in [-0.05, 0) is 80.8 Å². The molecule has 5 nitrogen and oxygen atoms in total. The monoisotopic (exact) mass is 743 g/mol. The Morgan fingerprint density at radius 3 is 1.90 bits per heavy atom. The number of aromatic amines is 1. The van der Waals surface area contributed by atoms with Gasteiger partial charge in [0.2, 0.25) is 0 Å². The Kier molecular flexibility index (Phi) is 8.29. The Balaban J connectivity index is 0.856. The van der Waals surface area contributed by atoms with Gasteiger partial charge in [-0.1, -0.05) is 164 Å². The molecule has 5 heteroatoms. The Labute approximate surface area is 336 Å². The summed E-state index contributed by atoms with van der Waals surface area (Å²) < 4.78 is 0. The number of aromatic nitrogens is 3. The lowest BCUT2D eigenvalue weighted by Crippen LogP contribution is -2.09. The van der Waals surface area contributed by atoms with Crippen LogP contribution < -0.4 is 0 Å². The third-order valence-corrected chi connectivity index (χ3v) is 11.5. The molecular weight excluding hydrogens is 707 g/mol. The van der Waals surface area contributed by atoms with Gasteiger partial charge in [0, 0.05) is 29.2 Å². The number of benzene rings is 6. The molecule has 3 heterocycles. The van der Waals surface area contributed by atoms with E-state index in [-0.39, 0.29) is 5.92 Å². The molecule has 1 N–H and O–H groups in total. The molecule has 0 amide bonds. The maximum Gasteiger partial charge on any atom is 0.160 e. The number of aliphatic imine (C=N–C) groups is 2. The molecule has 2 aliphatic carbocycles. The molecule has 0 saturated heterocycles. The van der Waals surface area contributed by atoms with Gasteiger partial charge in [0.15, 0.2) is 11.5 Å². The number of amidine groups is 1. The Morgan fingerprint density at radius 1 is 0.500 bits per heavy atom. The largest absolute Gasteiger partial charge is 0.338 e. The summed E-state index contributed by atoms with van der Waals surface area (Å²) >= 11 is 0. The van der Waals surface area contributed by atoms with E-state index in [2.05, 4.69) is 145 Å². The van der Waals surface area contributed by atoms with Gasteiger partial charge in [-0.25, -0.2) is 20.0 Å². The SMILES string of the molecule is C1=Cc2[nH]c3nc4ccccc4nc3c2C2CC=C(c3cccc(-c4ccc(C5=CCC(c6ccc(-c7ccccc7)cc6)=NC(c6ccccc6)=N5)cc4)c3)C=C12. The van der Waals surface area contributed by atoms with Crippen LogP contribution >= 0.6 is 0 Å². The quantitative estimate of drug-likeness (QED) is 0.184. The Bertz CT molecular complexity index is 3070. The average Bonchev–Trinajstić information content (AvgIpc) is 3.51. The molecule has 2 aromatic heterocycles. The van der Waals surface area contributed by atoms with E-state index < -0.39 is 0 Å². The predicted molar refractivity (Wildman–Crippen MR) is 240 cm³/mol. The van der Waals surface area contributed by atoms with Gasteiger partial charge < -0.3 is 4.98 Å². The highest BCUT2D eigenvalue weighted by atomic mass is 14.9. The number of rotatable bonds is 6. The van der Waals surface area contributed by atoms with Crippen molar-refractivity contribution < 1.29 is 0 Å². The summed E-state index contributed by atoms with van der Waals surface area (Å²) in [6.45, 7) is 0. The van der Waals surface area contributed by atoms with Crippen LogP contribution in [-0.2, 0) is 0 Å². The number of nitrogens with one attached hydrogen (secondary N) is 1. The second-order valence-corrected chi connectivity index (χ2v) is 15.0. The van der Waals surface area contributed by atoms with E-state index in [1.165, 1.54) is 39.0 Å². The van der Waals surface area contributed by atoms with E-state index in [9.17, 15) is 0 Å². The average molecular weight is 744 g/mol. The van der Waals surface area contributed by atoms with Crippen molar-refractivity contribution >= 4 is 51.1 Å². The smallest absolute Gasteiger partial charge is 0.160 e. The fraction of sp³-hybridized carbons (Fsp3) is 0.0566. The molecule has 6 aromatic carbocycles. The van der Waals surface area contributed by atoms with Crippen LogP contribution in [0.25, 0.3) is 61.8 Å². The third-order valence-electron chi connectivity index (χ3n) is 11.5. The van der Waals surface area contributed by atoms with Crippen molar-refractivity contribution in [2.75, 3.05) is 0 Å². The first-order valence-corrected chi connectivity index (χ1v) is 19.9. The van der Waals surface area contributed by atoms with Crippen LogP contribution in [0, 0.1) is 0 Å². The van der Waals surface area contributed by atoms with Crippen LogP contribution in [0.3, 0.4) is 0 Å². The first-order chi connectivity index (χ1) is 28.7. The van der Waals surface area contributed by atoms with Crippen LogP contribution in [0.15, 0.2) is 198 Å². The maximum absolute atomic E-state index is 5.17. The number of para-hydroxylation sites is 2. The van der Waals surface area contributed by atoms with Crippen LogP contribution in [0.1, 0.15) is 52.3 Å². The summed E-state index contributed by atoms with van der Waals surface area (Å²) in [6.07, 6.45) is 12.9. The van der Waals surface area contributed by atoms with E-state index in [1.807, 2.05) is 48.5 Å². The van der Waals surface area contributed by atoms with E-state index in [4.69, 9.17) is 20.0 Å². The second kappa shape index (κ2) is 14.2. The van der Waals surface area contributed by atoms with Gasteiger partial charge in [-0.2, -0.15) is 0 Å². The number of hydrogen-bond donors (Lipinski definition) is 1. The zero-order chi connectivity index (χ0) is 38.4. The molecule has 1 atom stereocenters. The first kappa shape index (κ1) is 33.8. The molecule has 0 spiro atoms. The summed E-state index contributed by atoms with van der Waals surface area (Å²) in [7, 11) is 0. The summed E-state index contributed by atoms with van der Waals surface area (Å²) in [5, 5.41) is 0. The van der Waals surface area contributed by atoms with E-state index in [0.29, 0.717) is 6.42 Å². The number of nitrogens with zero attached hydrogens (tertiary/aromatic N) is 4. The Hall–Kier alpha value is -7.50. The summed E-state index contributed by atoms with van der Waals surface area (Å²) in [5.41, 5.74) is 19.6. The first-order valence-electron chi connectivity index (χ1n) is 19.9. The van der Waals surface area contributed by atoms with Crippen LogP contribution in [0.2, 0.25) is 0 Å². The minimum absolute atomic E-state index is 0.244. The zero-order valence-corrected chi connectivity index (χ0v) is 31.7. The summed E-state index contributed by atoms with van der Waals surface area (Å²) in [6, 6.07) is 55.2. The van der Waals surface area contributed by atoms with E-state index in [0.717, 1.165) is 73.8 Å². The van der Waals surface area contributed by atoms with E-state index >= 15 is 0 Å². The minimum Gasteiger partial charge on any atom is -0.338 e. The lowest BCUT2D eigenvalue weighted by Gasteiger charge is -2.25. The highest BCUT2D eigenvalue weighted by Crippen LogP contribution is 2.44. The normalized spacial score (nSPS) is 16.1. The molecule has 3 aliphatic rings. The molecular formula is C53H37N5. The van der Waals surface area contributed by atoms with Gasteiger partial charge in [-0.15, -0.1) is 0 Å². The predicted octanol–water partition coefficient (Wildman–Crippen LogP) is 12.6. The number of H-pyrrole nitrogens is 1. The second-order valence-electron chi connectivity index (χ2n) is 15.0. The van der Waals surface area contributed by atoms with Gasteiger partial charge in [-0.3, -0.25) is 0 Å². The van der Waals surface area contributed by atoms with Crippen molar-refractivity contribution in [2.45, 2.75) is 18.8 Å². The molecule has 0 bridgehead atoms. The molecule has 0 radical (unpaired) electrons. The number of fused-ring (bicyclic) bond motifs is 6. The Morgan fingerprint density at radius 2 is 1.12 bits per heavy atom. The van der Waals surface area contributed by atoms with Gasteiger partial charge in [0.1, 0.15) is 5.52 Å². The third kappa shape index (κ3) is 6.23. The zero-order valence-electron chi connectivity index (χ0n) is 31.7. The highest BCUT2D eigenvalue weighted by Gasteiger charge is 2.29. The van der Waals surface area contributed by atoms with Crippen molar-refractivity contribution in [3.05, 3.63) is 221 Å². The van der Waals surface area contributed by atoms with E-state index in [1.54, 1.807) is 0 Å². The molecule has 1 unspecified atom stereocenters. The van der Waals surface area contributed by atoms with Crippen molar-refractivity contribution in [3.8, 4) is 22.3 Å². The summed E-state index contributed by atoms with van der Waals surface area (Å²) in [5.74, 6) is 0.962. The lowest BCUT2D eigenvalue weighted by molar-refractivity contribution is 0.818. The van der Waals surface area contributed by atoms with Crippen molar-refractivity contribution in [2.24, 2.45) is 9.98 Å². The molecule has 1 aliphatic heterocycles. The maximum atomic E-state index is 5.17. The lowest BCUT2D eigenvalue weighted by atomic mass is 9.78. The molecule has 58 heavy (non-hydrogen) atoms. The van der Waals surface area contributed by atoms with Gasteiger partial charge in [0.25, 0.3) is 0 Å². The van der Waals surface area contributed by atoms with Gasteiger partial charge >= 0.3 is 0 Å². The molecule has 0 saturated carbocycles. The molecule has 11 rings (SSSR count). The fourth-order valence-corrected chi connectivity index (χ4v) is 8.46. The molecule has 0 fully saturated rings. The van der Waals surface area contributed by atoms with Crippen LogP contribution in [0.5, 0.6) is 0 Å². The minimum atomic E-state index is 0.244. The van der Waals surface area contributed by atoms with Crippen molar-refractivity contribution in [1.29, 1.82) is 0 Å².